The molecule has 10 heteroatoms. The summed E-state index contributed by atoms with van der Waals surface area (Å²) in [5.41, 5.74) is 0.815. The number of benzene rings is 1. The van der Waals surface area contributed by atoms with Crippen LogP contribution < -0.4 is 0 Å². The van der Waals surface area contributed by atoms with E-state index in [0.717, 1.165) is 37.8 Å². The molecule has 4 rings (SSSR count). The molecule has 0 radical (unpaired) electrons. The van der Waals surface area contributed by atoms with E-state index in [2.05, 4.69) is 4.90 Å². The molecule has 0 bridgehead atoms. The second kappa shape index (κ2) is 10.8. The Balaban J connectivity index is 0.00000289. The van der Waals surface area contributed by atoms with Crippen molar-refractivity contribution in [1.82, 2.24) is 14.7 Å². The van der Waals surface area contributed by atoms with Crippen LogP contribution in [-0.2, 0) is 16.0 Å². The van der Waals surface area contributed by atoms with Crippen LogP contribution in [-0.4, -0.2) is 89.3 Å². The van der Waals surface area contributed by atoms with Gasteiger partial charge in [0.05, 0.1) is 41.8 Å². The number of nitrogens with zero attached hydrogens (tertiary/aromatic N) is 3. The van der Waals surface area contributed by atoms with Crippen molar-refractivity contribution in [2.45, 2.75) is 56.3 Å². The summed E-state index contributed by atoms with van der Waals surface area (Å²) < 4.78 is 5.04. The van der Waals surface area contributed by atoms with Gasteiger partial charge in [-0.3, -0.25) is 9.69 Å². The Hall–Kier alpha value is -1.25. The van der Waals surface area contributed by atoms with Gasteiger partial charge in [0, 0.05) is 32.2 Å². The first-order chi connectivity index (χ1) is 14.9. The number of aliphatic hydroxyl groups is 1. The molecule has 1 N–H and O–H groups in total. The van der Waals surface area contributed by atoms with Crippen LogP contribution in [0.25, 0.3) is 0 Å². The van der Waals surface area contributed by atoms with Crippen LogP contribution >= 0.6 is 35.6 Å². The number of halogens is 3. The molecule has 0 aromatic heterocycles. The summed E-state index contributed by atoms with van der Waals surface area (Å²) >= 11 is 12.2. The molecule has 0 spiro atoms. The lowest BCUT2D eigenvalue weighted by molar-refractivity contribution is -0.142. The Morgan fingerprint density at radius 2 is 1.78 bits per heavy atom. The molecule has 3 fully saturated rings. The first-order valence-corrected chi connectivity index (χ1v) is 11.6. The molecule has 2 amide bonds. The number of amides is 2. The number of carbonyl (C=O) groups is 2. The van der Waals surface area contributed by atoms with Crippen LogP contribution in [0.15, 0.2) is 18.2 Å². The van der Waals surface area contributed by atoms with Crippen molar-refractivity contribution in [3.8, 4) is 0 Å². The Labute approximate surface area is 205 Å². The average molecular weight is 507 g/mol. The molecule has 2 heterocycles. The predicted molar refractivity (Wildman–Crippen MR) is 126 cm³/mol. The minimum Gasteiger partial charge on any atom is -0.453 e. The highest BCUT2D eigenvalue weighted by Crippen LogP contribution is 2.35. The Kier molecular flexibility index (Phi) is 8.55. The molecule has 1 aromatic carbocycles. The fraction of sp³-hybridized carbons (Fsp3) is 0.636. The highest BCUT2D eigenvalue weighted by molar-refractivity contribution is 6.42. The van der Waals surface area contributed by atoms with Crippen LogP contribution in [0.2, 0.25) is 10.0 Å². The number of methoxy groups -OCH3 is 1. The standard InChI is InChI=1S/C22H29Cl2N3O4.ClH/c1-31-22(30)26-9-10-27(20(29)12-14-5-6-16(23)17(24)11-14)21-18(3-2-4-19(21)26)25-8-7-15(28)13-25;/h5-6,11,15,18-19,21,28H,2-4,7-10,12-13H2,1H3;1H/t15-,18+,19+,21-;/m1./s1. The quantitative estimate of drug-likeness (QED) is 0.681. The number of hydrogen-bond acceptors (Lipinski definition) is 5. The van der Waals surface area contributed by atoms with Crippen molar-refractivity contribution < 1.29 is 19.4 Å². The van der Waals surface area contributed by atoms with E-state index in [1.165, 1.54) is 7.11 Å². The van der Waals surface area contributed by atoms with E-state index in [0.29, 0.717) is 29.7 Å². The highest BCUT2D eigenvalue weighted by atomic mass is 35.5. The lowest BCUT2D eigenvalue weighted by Crippen LogP contribution is -2.69. The summed E-state index contributed by atoms with van der Waals surface area (Å²) in [7, 11) is 1.40. The van der Waals surface area contributed by atoms with Gasteiger partial charge in [-0.25, -0.2) is 4.79 Å². The third-order valence-electron chi connectivity index (χ3n) is 6.86. The molecule has 2 saturated heterocycles. The molecule has 4 atom stereocenters. The molecule has 1 aliphatic carbocycles. The lowest BCUT2D eigenvalue weighted by Gasteiger charge is -2.54. The van der Waals surface area contributed by atoms with Crippen LogP contribution in [0.5, 0.6) is 0 Å². The zero-order valence-corrected chi connectivity index (χ0v) is 20.4. The average Bonchev–Trinajstić information content (AvgIpc) is 3.20. The van der Waals surface area contributed by atoms with Crippen molar-refractivity contribution in [3.63, 3.8) is 0 Å². The van der Waals surface area contributed by atoms with E-state index in [1.54, 1.807) is 17.0 Å². The van der Waals surface area contributed by atoms with E-state index in [-0.39, 0.29) is 55.1 Å². The molecule has 178 valence electrons. The van der Waals surface area contributed by atoms with Crippen molar-refractivity contribution in [2.75, 3.05) is 33.3 Å². The van der Waals surface area contributed by atoms with Crippen molar-refractivity contribution in [3.05, 3.63) is 33.8 Å². The number of ether oxygens (including phenoxy) is 1. The number of fused-ring (bicyclic) bond motifs is 1. The molecule has 7 nitrogen and oxygen atoms in total. The van der Waals surface area contributed by atoms with Crippen molar-refractivity contribution in [1.29, 1.82) is 0 Å². The SMILES string of the molecule is COC(=O)N1CCN(C(=O)Cc2ccc(Cl)c(Cl)c2)[C@@H]2[C@@H](N3CC[C@@H](O)C3)CCC[C@@H]21.Cl. The molecule has 0 unspecified atom stereocenters. The molecule has 2 aliphatic heterocycles. The Morgan fingerprint density at radius 1 is 1.06 bits per heavy atom. The normalized spacial score (nSPS) is 28.1. The van der Waals surface area contributed by atoms with Gasteiger partial charge < -0.3 is 19.6 Å². The fourth-order valence-electron chi connectivity index (χ4n) is 5.45. The number of carbonyl (C=O) groups excluding carboxylic acids is 2. The maximum atomic E-state index is 13.4. The van der Waals surface area contributed by atoms with Gasteiger partial charge in [-0.15, -0.1) is 12.4 Å². The number of β-amino-alcohol motifs (C(OH)–C–C–N with tert-alkyl or cyclic N) is 1. The monoisotopic (exact) mass is 505 g/mol. The zero-order valence-electron chi connectivity index (χ0n) is 18.1. The predicted octanol–water partition coefficient (Wildman–Crippen LogP) is 3.22. The number of aliphatic hydroxyl groups excluding tert-OH is 1. The van der Waals surface area contributed by atoms with Gasteiger partial charge in [-0.05, 0) is 43.4 Å². The smallest absolute Gasteiger partial charge is 0.409 e. The maximum absolute atomic E-state index is 13.4. The summed E-state index contributed by atoms with van der Waals surface area (Å²) in [6, 6.07) is 5.17. The molecular weight excluding hydrogens is 477 g/mol. The van der Waals surface area contributed by atoms with Crippen LogP contribution in [0.4, 0.5) is 4.79 Å². The van der Waals surface area contributed by atoms with Gasteiger partial charge in [0.15, 0.2) is 0 Å². The number of hydrogen-bond donors (Lipinski definition) is 1. The minimum absolute atomic E-state index is 0. The number of piperazine rings is 1. The first kappa shape index (κ1) is 25.4. The largest absolute Gasteiger partial charge is 0.453 e. The molecule has 32 heavy (non-hydrogen) atoms. The Morgan fingerprint density at radius 3 is 2.44 bits per heavy atom. The van der Waals surface area contributed by atoms with Crippen molar-refractivity contribution in [2.24, 2.45) is 0 Å². The number of likely N-dealkylation sites (tertiary alicyclic amines) is 1. The van der Waals surface area contributed by atoms with Crippen LogP contribution in [0, 0.1) is 0 Å². The second-order valence-electron chi connectivity index (χ2n) is 8.67. The molecule has 1 aromatic rings. The van der Waals surface area contributed by atoms with Gasteiger partial charge in [-0.1, -0.05) is 29.3 Å². The third kappa shape index (κ3) is 5.12. The molecule has 1 saturated carbocycles. The third-order valence-corrected chi connectivity index (χ3v) is 7.60. The lowest BCUT2D eigenvalue weighted by atomic mass is 9.81. The first-order valence-electron chi connectivity index (χ1n) is 10.9. The topological polar surface area (TPSA) is 73.3 Å². The van der Waals surface area contributed by atoms with E-state index in [4.69, 9.17) is 27.9 Å². The highest BCUT2D eigenvalue weighted by Gasteiger charge is 2.49. The van der Waals surface area contributed by atoms with E-state index >= 15 is 0 Å². The summed E-state index contributed by atoms with van der Waals surface area (Å²) in [6.45, 7) is 2.34. The van der Waals surface area contributed by atoms with E-state index in [9.17, 15) is 14.7 Å². The second-order valence-corrected chi connectivity index (χ2v) is 9.48. The van der Waals surface area contributed by atoms with Gasteiger partial charge >= 0.3 is 6.09 Å². The van der Waals surface area contributed by atoms with Gasteiger partial charge in [-0.2, -0.15) is 0 Å². The summed E-state index contributed by atoms with van der Waals surface area (Å²) in [4.78, 5) is 31.9. The minimum atomic E-state index is -0.339. The van der Waals surface area contributed by atoms with E-state index < -0.39 is 0 Å². The van der Waals surface area contributed by atoms with Gasteiger partial charge in [0.1, 0.15) is 0 Å². The van der Waals surface area contributed by atoms with Crippen molar-refractivity contribution >= 4 is 47.6 Å². The maximum Gasteiger partial charge on any atom is 0.409 e. The summed E-state index contributed by atoms with van der Waals surface area (Å²) in [6.07, 6.45) is 3.05. The van der Waals surface area contributed by atoms with E-state index in [1.807, 2.05) is 11.0 Å². The van der Waals surface area contributed by atoms with Crippen LogP contribution in [0.3, 0.4) is 0 Å². The van der Waals surface area contributed by atoms with Crippen LogP contribution in [0.1, 0.15) is 31.2 Å². The molecule has 3 aliphatic rings. The summed E-state index contributed by atoms with van der Waals surface area (Å²) in [5, 5.41) is 11.0. The number of rotatable bonds is 3. The van der Waals surface area contributed by atoms with Gasteiger partial charge in [0.25, 0.3) is 0 Å². The summed E-state index contributed by atoms with van der Waals surface area (Å²) in [5.74, 6) is 0.0181. The fourth-order valence-corrected chi connectivity index (χ4v) is 5.77. The molecular formula is C22H30Cl3N3O4. The van der Waals surface area contributed by atoms with Gasteiger partial charge in [0.2, 0.25) is 5.91 Å². The Bertz CT molecular complexity index is 843. The zero-order chi connectivity index (χ0) is 22.1.